The van der Waals surface area contributed by atoms with Gasteiger partial charge in [0.1, 0.15) is 6.54 Å². The molecule has 3 rings (SSSR count). The quantitative estimate of drug-likeness (QED) is 0.736. The van der Waals surface area contributed by atoms with Crippen molar-refractivity contribution in [3.8, 4) is 0 Å². The highest BCUT2D eigenvalue weighted by molar-refractivity contribution is 5.78. The van der Waals surface area contributed by atoms with E-state index in [1.54, 1.807) is 18.2 Å². The number of para-hydroxylation sites is 1. The van der Waals surface area contributed by atoms with Crippen LogP contribution >= 0.6 is 0 Å². The number of carbonyl (C=O) groups excluding carboxylic acids is 1. The fourth-order valence-corrected chi connectivity index (χ4v) is 2.85. The van der Waals surface area contributed by atoms with Crippen molar-refractivity contribution in [1.29, 1.82) is 0 Å². The number of carbonyl (C=O) groups is 1. The van der Waals surface area contributed by atoms with Gasteiger partial charge in [-0.2, -0.15) is 0 Å². The van der Waals surface area contributed by atoms with Gasteiger partial charge in [0.15, 0.2) is 0 Å². The smallest absolute Gasteiger partial charge is 0.261 e. The standard InChI is InChI=1S/C20H22N4O2/c1-23(2)12-16-8-4-3-7-15(16)11-21-19(25)13-24-14-22-18-10-6-5-9-17(18)20(24)26/h3-10,14H,11-13H2,1-2H3,(H,21,25). The van der Waals surface area contributed by atoms with E-state index in [-0.39, 0.29) is 18.0 Å². The van der Waals surface area contributed by atoms with Crippen molar-refractivity contribution in [1.82, 2.24) is 19.8 Å². The van der Waals surface area contributed by atoms with Gasteiger partial charge in [-0.25, -0.2) is 4.98 Å². The summed E-state index contributed by atoms with van der Waals surface area (Å²) >= 11 is 0. The van der Waals surface area contributed by atoms with E-state index in [4.69, 9.17) is 0 Å². The second kappa shape index (κ2) is 7.93. The molecule has 0 aliphatic rings. The molecule has 0 radical (unpaired) electrons. The van der Waals surface area contributed by atoms with Crippen LogP contribution in [0.3, 0.4) is 0 Å². The van der Waals surface area contributed by atoms with Gasteiger partial charge in [0.2, 0.25) is 5.91 Å². The van der Waals surface area contributed by atoms with Crippen molar-refractivity contribution in [2.45, 2.75) is 19.6 Å². The minimum Gasteiger partial charge on any atom is -0.350 e. The van der Waals surface area contributed by atoms with E-state index in [0.717, 1.165) is 12.1 Å². The zero-order valence-electron chi connectivity index (χ0n) is 15.0. The van der Waals surface area contributed by atoms with E-state index in [1.165, 1.54) is 16.5 Å². The van der Waals surface area contributed by atoms with Crippen LogP contribution in [0, 0.1) is 0 Å². The molecule has 0 spiro atoms. The molecular formula is C20H22N4O2. The first-order valence-corrected chi connectivity index (χ1v) is 8.47. The lowest BCUT2D eigenvalue weighted by atomic mass is 10.1. The Labute approximate surface area is 152 Å². The number of aromatic nitrogens is 2. The maximum Gasteiger partial charge on any atom is 0.261 e. The predicted molar refractivity (Wildman–Crippen MR) is 102 cm³/mol. The Balaban J connectivity index is 1.69. The third-order valence-electron chi connectivity index (χ3n) is 4.13. The average molecular weight is 350 g/mol. The van der Waals surface area contributed by atoms with E-state index < -0.39 is 0 Å². The molecule has 0 saturated carbocycles. The zero-order valence-corrected chi connectivity index (χ0v) is 15.0. The molecule has 3 aromatic rings. The van der Waals surface area contributed by atoms with E-state index in [0.29, 0.717) is 17.4 Å². The summed E-state index contributed by atoms with van der Waals surface area (Å²) in [6.07, 6.45) is 1.42. The minimum absolute atomic E-state index is 0.0491. The summed E-state index contributed by atoms with van der Waals surface area (Å²) in [6.45, 7) is 1.19. The van der Waals surface area contributed by atoms with E-state index in [9.17, 15) is 9.59 Å². The largest absolute Gasteiger partial charge is 0.350 e. The lowest BCUT2D eigenvalue weighted by molar-refractivity contribution is -0.121. The predicted octanol–water partition coefficient (Wildman–Crippen LogP) is 1.77. The highest BCUT2D eigenvalue weighted by atomic mass is 16.2. The molecule has 1 amide bonds. The SMILES string of the molecule is CN(C)Cc1ccccc1CNC(=O)Cn1cnc2ccccc2c1=O. The zero-order chi connectivity index (χ0) is 18.5. The van der Waals surface area contributed by atoms with E-state index in [2.05, 4.69) is 21.3 Å². The second-order valence-electron chi connectivity index (χ2n) is 6.48. The van der Waals surface area contributed by atoms with E-state index in [1.807, 2.05) is 38.4 Å². The summed E-state index contributed by atoms with van der Waals surface area (Å²) in [5.41, 5.74) is 2.66. The van der Waals surface area contributed by atoms with Crippen LogP contribution in [0.15, 0.2) is 59.7 Å². The van der Waals surface area contributed by atoms with Crippen molar-refractivity contribution in [2.75, 3.05) is 14.1 Å². The molecule has 6 nitrogen and oxygen atoms in total. The van der Waals surface area contributed by atoms with Crippen LogP contribution in [0.25, 0.3) is 10.9 Å². The molecule has 1 aromatic heterocycles. The maximum atomic E-state index is 12.5. The lowest BCUT2D eigenvalue weighted by Crippen LogP contribution is -2.32. The first-order chi connectivity index (χ1) is 12.5. The number of nitrogens with zero attached hydrogens (tertiary/aromatic N) is 3. The van der Waals surface area contributed by atoms with Crippen molar-refractivity contribution in [3.05, 3.63) is 76.3 Å². The summed E-state index contributed by atoms with van der Waals surface area (Å²) < 4.78 is 1.34. The van der Waals surface area contributed by atoms with Gasteiger partial charge >= 0.3 is 0 Å². The van der Waals surface area contributed by atoms with Crippen LogP contribution < -0.4 is 10.9 Å². The third-order valence-corrected chi connectivity index (χ3v) is 4.13. The Morgan fingerprint density at radius 2 is 1.77 bits per heavy atom. The fraction of sp³-hybridized carbons (Fsp3) is 0.250. The molecule has 1 N–H and O–H groups in total. The molecule has 0 fully saturated rings. The Kier molecular flexibility index (Phi) is 5.43. The van der Waals surface area contributed by atoms with Crippen molar-refractivity contribution < 1.29 is 4.79 Å². The normalized spacial score (nSPS) is 11.0. The van der Waals surface area contributed by atoms with Crippen LogP contribution in [0.2, 0.25) is 0 Å². The molecule has 0 aliphatic heterocycles. The Hall–Kier alpha value is -2.99. The molecule has 0 bridgehead atoms. The average Bonchev–Trinajstić information content (AvgIpc) is 2.63. The molecule has 0 unspecified atom stereocenters. The van der Waals surface area contributed by atoms with Crippen LogP contribution in [0.4, 0.5) is 0 Å². The highest BCUT2D eigenvalue weighted by Gasteiger charge is 2.09. The Morgan fingerprint density at radius 1 is 1.08 bits per heavy atom. The fourth-order valence-electron chi connectivity index (χ4n) is 2.85. The molecule has 6 heteroatoms. The summed E-state index contributed by atoms with van der Waals surface area (Å²) in [6, 6.07) is 15.1. The van der Waals surface area contributed by atoms with Crippen LogP contribution in [-0.4, -0.2) is 34.5 Å². The van der Waals surface area contributed by atoms with Gasteiger partial charge in [-0.3, -0.25) is 14.2 Å². The summed E-state index contributed by atoms with van der Waals surface area (Å²) in [4.78, 5) is 31.1. The number of hydrogen-bond acceptors (Lipinski definition) is 4. The van der Waals surface area contributed by atoms with Gasteiger partial charge < -0.3 is 10.2 Å². The summed E-state index contributed by atoms with van der Waals surface area (Å²) in [5.74, 6) is -0.219. The molecule has 26 heavy (non-hydrogen) atoms. The molecule has 0 saturated heterocycles. The third kappa shape index (κ3) is 4.15. The Bertz CT molecular complexity index is 979. The lowest BCUT2D eigenvalue weighted by Gasteiger charge is -2.15. The van der Waals surface area contributed by atoms with Gasteiger partial charge in [0.25, 0.3) is 5.56 Å². The first-order valence-electron chi connectivity index (χ1n) is 8.47. The molecule has 0 aliphatic carbocycles. The monoisotopic (exact) mass is 350 g/mol. The molecular weight excluding hydrogens is 328 g/mol. The molecule has 0 atom stereocenters. The number of hydrogen-bond donors (Lipinski definition) is 1. The van der Waals surface area contributed by atoms with Crippen LogP contribution in [-0.2, 0) is 24.4 Å². The van der Waals surface area contributed by atoms with Crippen molar-refractivity contribution >= 4 is 16.8 Å². The van der Waals surface area contributed by atoms with Gasteiger partial charge in [-0.05, 0) is 37.4 Å². The van der Waals surface area contributed by atoms with E-state index >= 15 is 0 Å². The maximum absolute atomic E-state index is 12.5. The number of rotatable bonds is 6. The summed E-state index contributed by atoms with van der Waals surface area (Å²) in [7, 11) is 4.02. The number of fused-ring (bicyclic) bond motifs is 1. The van der Waals surface area contributed by atoms with Crippen molar-refractivity contribution in [3.63, 3.8) is 0 Å². The molecule has 1 heterocycles. The van der Waals surface area contributed by atoms with Gasteiger partial charge in [0, 0.05) is 13.1 Å². The second-order valence-corrected chi connectivity index (χ2v) is 6.48. The molecule has 2 aromatic carbocycles. The van der Waals surface area contributed by atoms with Gasteiger partial charge in [-0.1, -0.05) is 36.4 Å². The topological polar surface area (TPSA) is 67.2 Å². The van der Waals surface area contributed by atoms with Gasteiger partial charge in [-0.15, -0.1) is 0 Å². The van der Waals surface area contributed by atoms with Crippen LogP contribution in [0.5, 0.6) is 0 Å². The minimum atomic E-state index is -0.219. The summed E-state index contributed by atoms with van der Waals surface area (Å²) in [5, 5.41) is 3.40. The first kappa shape index (κ1) is 17.8. The Morgan fingerprint density at radius 3 is 2.54 bits per heavy atom. The molecule has 134 valence electrons. The van der Waals surface area contributed by atoms with Crippen LogP contribution in [0.1, 0.15) is 11.1 Å². The van der Waals surface area contributed by atoms with Crippen molar-refractivity contribution in [2.24, 2.45) is 0 Å². The highest BCUT2D eigenvalue weighted by Crippen LogP contribution is 2.10. The number of nitrogens with one attached hydrogen (secondary N) is 1. The van der Waals surface area contributed by atoms with Gasteiger partial charge in [0.05, 0.1) is 17.2 Å². The number of benzene rings is 2. The number of amides is 1.